The van der Waals surface area contributed by atoms with Crippen LogP contribution < -0.4 is 5.32 Å². The Labute approximate surface area is 367 Å². The molecule has 0 saturated carbocycles. The smallest absolute Gasteiger partial charge is 0.249 e. The summed E-state index contributed by atoms with van der Waals surface area (Å²) in [6.07, 6.45) is 64.6. The number of unbranched alkanes of at least 4 members (excludes halogenated alkanes) is 33. The Morgan fingerprint density at radius 1 is 0.407 bits per heavy atom. The van der Waals surface area contributed by atoms with Gasteiger partial charge in [0.05, 0.1) is 18.8 Å². The SMILES string of the molecule is CCCCCCCCCCCCC/C=C/CC/C=C/CC/C=C/C(O)C(CO)NC(=O)C(O)CCCCCCCCCC/C=C\CCCCCCCCCCCCCC. The number of allylic oxidation sites excluding steroid dienone is 7. The molecule has 0 aliphatic carbocycles. The van der Waals surface area contributed by atoms with Gasteiger partial charge in [0.15, 0.2) is 0 Å². The molecule has 0 aliphatic heterocycles. The third kappa shape index (κ3) is 44.2. The molecule has 0 fully saturated rings. The molecule has 0 spiro atoms. The van der Waals surface area contributed by atoms with E-state index < -0.39 is 24.2 Å². The maximum absolute atomic E-state index is 12.5. The van der Waals surface area contributed by atoms with Crippen LogP contribution >= 0.6 is 0 Å². The molecule has 5 heteroatoms. The summed E-state index contributed by atoms with van der Waals surface area (Å²) in [4.78, 5) is 12.5. The van der Waals surface area contributed by atoms with Crippen LogP contribution in [-0.4, -0.2) is 46.1 Å². The van der Waals surface area contributed by atoms with Crippen molar-refractivity contribution in [2.75, 3.05) is 6.61 Å². The van der Waals surface area contributed by atoms with Crippen molar-refractivity contribution < 1.29 is 20.1 Å². The molecule has 0 aromatic carbocycles. The Morgan fingerprint density at radius 3 is 1.03 bits per heavy atom. The molecule has 0 aliphatic rings. The number of carbonyl (C=O) groups excluding carboxylic acids is 1. The molecule has 346 valence electrons. The van der Waals surface area contributed by atoms with Gasteiger partial charge in [-0.15, -0.1) is 0 Å². The Bertz CT molecular complexity index is 958. The first-order valence-corrected chi connectivity index (χ1v) is 26.0. The van der Waals surface area contributed by atoms with Crippen molar-refractivity contribution in [3.05, 3.63) is 48.6 Å². The van der Waals surface area contributed by atoms with Crippen LogP contribution in [0, 0.1) is 0 Å². The number of amides is 1. The highest BCUT2D eigenvalue weighted by atomic mass is 16.3. The number of rotatable bonds is 47. The lowest BCUT2D eigenvalue weighted by Crippen LogP contribution is -2.48. The van der Waals surface area contributed by atoms with Crippen LogP contribution in [0.15, 0.2) is 48.6 Å². The minimum atomic E-state index is -1.11. The Hall–Kier alpha value is -1.69. The van der Waals surface area contributed by atoms with E-state index in [4.69, 9.17) is 0 Å². The summed E-state index contributed by atoms with van der Waals surface area (Å²) in [6, 6.07) is -0.824. The van der Waals surface area contributed by atoms with Gasteiger partial charge in [0.1, 0.15) is 6.10 Å². The Morgan fingerprint density at radius 2 is 0.695 bits per heavy atom. The largest absolute Gasteiger partial charge is 0.394 e. The first-order valence-electron chi connectivity index (χ1n) is 26.0. The van der Waals surface area contributed by atoms with E-state index >= 15 is 0 Å². The summed E-state index contributed by atoms with van der Waals surface area (Å²) >= 11 is 0. The van der Waals surface area contributed by atoms with Crippen LogP contribution in [0.25, 0.3) is 0 Å². The molecule has 59 heavy (non-hydrogen) atoms. The summed E-state index contributed by atoms with van der Waals surface area (Å²) < 4.78 is 0. The van der Waals surface area contributed by atoms with Crippen molar-refractivity contribution in [1.82, 2.24) is 5.32 Å². The second-order valence-corrected chi connectivity index (χ2v) is 17.7. The minimum Gasteiger partial charge on any atom is -0.394 e. The molecule has 0 rings (SSSR count). The van der Waals surface area contributed by atoms with Gasteiger partial charge in [-0.05, 0) is 70.6 Å². The molecule has 0 bridgehead atoms. The van der Waals surface area contributed by atoms with E-state index in [1.165, 1.54) is 199 Å². The molecule has 3 atom stereocenters. The van der Waals surface area contributed by atoms with Crippen LogP contribution in [0.1, 0.15) is 264 Å². The van der Waals surface area contributed by atoms with Crippen molar-refractivity contribution in [1.29, 1.82) is 0 Å². The zero-order valence-electron chi connectivity index (χ0n) is 39.4. The lowest BCUT2D eigenvalue weighted by molar-refractivity contribution is -0.131. The highest BCUT2D eigenvalue weighted by Crippen LogP contribution is 2.15. The van der Waals surface area contributed by atoms with Gasteiger partial charge in [-0.1, -0.05) is 242 Å². The van der Waals surface area contributed by atoms with Gasteiger partial charge in [0.2, 0.25) is 5.91 Å². The lowest BCUT2D eigenvalue weighted by Gasteiger charge is -2.21. The normalized spacial score (nSPS) is 13.8. The zero-order chi connectivity index (χ0) is 43.0. The van der Waals surface area contributed by atoms with Crippen molar-refractivity contribution in [2.24, 2.45) is 0 Å². The van der Waals surface area contributed by atoms with E-state index in [1.54, 1.807) is 6.08 Å². The fourth-order valence-electron chi connectivity index (χ4n) is 7.80. The quantitative estimate of drug-likeness (QED) is 0.0363. The first-order chi connectivity index (χ1) is 29.1. The summed E-state index contributed by atoms with van der Waals surface area (Å²) in [5.74, 6) is -0.518. The number of carbonyl (C=O) groups is 1. The molecule has 0 aromatic rings. The molecular formula is C54H101NO4. The molecule has 0 aromatic heterocycles. The van der Waals surface area contributed by atoms with Gasteiger partial charge < -0.3 is 20.6 Å². The predicted molar refractivity (Wildman–Crippen MR) is 259 cm³/mol. The maximum Gasteiger partial charge on any atom is 0.249 e. The van der Waals surface area contributed by atoms with Crippen molar-refractivity contribution >= 4 is 5.91 Å². The fourth-order valence-corrected chi connectivity index (χ4v) is 7.80. The maximum atomic E-state index is 12.5. The first kappa shape index (κ1) is 57.3. The zero-order valence-corrected chi connectivity index (χ0v) is 39.4. The second-order valence-electron chi connectivity index (χ2n) is 17.7. The molecule has 0 heterocycles. The molecule has 5 nitrogen and oxygen atoms in total. The van der Waals surface area contributed by atoms with Gasteiger partial charge >= 0.3 is 0 Å². The standard InChI is InChI=1S/C54H101NO4/c1-3-5-7-9-11-13-15-17-19-21-23-25-26-27-29-31-33-35-37-39-41-43-45-47-49-53(58)54(59)55-51(50-56)52(57)48-46-44-42-40-38-36-34-32-30-28-24-22-20-18-16-14-12-10-8-6-4-2/h27,29-30,32,38,40,46,48,51-53,56-58H,3-26,28,31,33-37,39,41-45,47,49-50H2,1-2H3,(H,55,59)/b29-27-,32-30+,40-38+,48-46+. The van der Waals surface area contributed by atoms with Crippen LogP contribution in [0.2, 0.25) is 0 Å². The van der Waals surface area contributed by atoms with E-state index in [2.05, 4.69) is 55.6 Å². The second kappa shape index (κ2) is 49.0. The van der Waals surface area contributed by atoms with Gasteiger partial charge in [0, 0.05) is 0 Å². The van der Waals surface area contributed by atoms with E-state index in [0.717, 1.165) is 44.9 Å². The van der Waals surface area contributed by atoms with Crippen molar-refractivity contribution in [3.8, 4) is 0 Å². The fraction of sp³-hybridized carbons (Fsp3) is 0.833. The summed E-state index contributed by atoms with van der Waals surface area (Å²) in [7, 11) is 0. The van der Waals surface area contributed by atoms with Crippen molar-refractivity contribution in [2.45, 2.75) is 283 Å². The average Bonchev–Trinajstić information content (AvgIpc) is 3.24. The lowest BCUT2D eigenvalue weighted by atomic mass is 10.0. The summed E-state index contributed by atoms with van der Waals surface area (Å²) in [6.45, 7) is 4.18. The molecular weight excluding hydrogens is 727 g/mol. The highest BCUT2D eigenvalue weighted by Gasteiger charge is 2.22. The molecule has 3 unspecified atom stereocenters. The van der Waals surface area contributed by atoms with Gasteiger partial charge in [-0.25, -0.2) is 0 Å². The number of hydrogen-bond acceptors (Lipinski definition) is 4. The summed E-state index contributed by atoms with van der Waals surface area (Å²) in [5.41, 5.74) is 0. The number of hydrogen-bond donors (Lipinski definition) is 4. The van der Waals surface area contributed by atoms with Crippen LogP contribution in [0.4, 0.5) is 0 Å². The molecule has 0 saturated heterocycles. The number of nitrogens with one attached hydrogen (secondary N) is 1. The van der Waals surface area contributed by atoms with Crippen molar-refractivity contribution in [3.63, 3.8) is 0 Å². The highest BCUT2D eigenvalue weighted by molar-refractivity contribution is 5.80. The average molecular weight is 828 g/mol. The minimum absolute atomic E-state index is 0.383. The van der Waals surface area contributed by atoms with E-state index in [1.807, 2.05) is 6.08 Å². The van der Waals surface area contributed by atoms with Crippen LogP contribution in [0.5, 0.6) is 0 Å². The Balaban J connectivity index is 3.68. The van der Waals surface area contributed by atoms with Crippen LogP contribution in [0.3, 0.4) is 0 Å². The molecule has 1 amide bonds. The van der Waals surface area contributed by atoms with Crippen LogP contribution in [-0.2, 0) is 4.79 Å². The summed E-state index contributed by atoms with van der Waals surface area (Å²) in [5, 5.41) is 33.3. The van der Waals surface area contributed by atoms with E-state index in [9.17, 15) is 20.1 Å². The molecule has 0 radical (unpaired) electrons. The Kier molecular flexibility index (Phi) is 47.6. The van der Waals surface area contributed by atoms with Gasteiger partial charge in [-0.2, -0.15) is 0 Å². The molecule has 4 N–H and O–H groups in total. The monoisotopic (exact) mass is 828 g/mol. The number of aliphatic hydroxyl groups excluding tert-OH is 3. The third-order valence-electron chi connectivity index (χ3n) is 11.9. The topological polar surface area (TPSA) is 89.8 Å². The predicted octanol–water partition coefficient (Wildman–Crippen LogP) is 15.7. The third-order valence-corrected chi connectivity index (χ3v) is 11.9. The number of aliphatic hydroxyl groups is 3. The van der Waals surface area contributed by atoms with Gasteiger partial charge in [-0.3, -0.25) is 4.79 Å². The van der Waals surface area contributed by atoms with E-state index in [-0.39, 0.29) is 6.61 Å². The van der Waals surface area contributed by atoms with E-state index in [0.29, 0.717) is 6.42 Å². The van der Waals surface area contributed by atoms with Gasteiger partial charge in [0.25, 0.3) is 0 Å².